The molecule has 3 nitrogen and oxygen atoms in total. The maximum Gasteiger partial charge on any atom is 0.125 e. The molecule has 2 aromatic rings. The van der Waals surface area contributed by atoms with E-state index < -0.39 is 0 Å². The van der Waals surface area contributed by atoms with Crippen LogP contribution in [-0.4, -0.2) is 22.1 Å². The topological polar surface area (TPSA) is 40.7 Å². The molecule has 0 aliphatic carbocycles. The van der Waals surface area contributed by atoms with Crippen molar-refractivity contribution < 1.29 is 4.39 Å². The van der Waals surface area contributed by atoms with E-state index in [-0.39, 0.29) is 5.82 Å². The molecule has 4 heteroatoms. The number of imidazole rings is 1. The molecule has 4 rings (SSSR count). The minimum Gasteiger partial charge on any atom is -0.342 e. The normalized spacial score (nSPS) is 30.1. The first-order chi connectivity index (χ1) is 9.26. The smallest absolute Gasteiger partial charge is 0.125 e. The SMILES string of the molecule is Fc1ccc2nc(CC3CC4CCC(C3)N4)[nH]c2c1. The maximum absolute atomic E-state index is 13.2. The monoisotopic (exact) mass is 259 g/mol. The van der Waals surface area contributed by atoms with E-state index >= 15 is 0 Å². The third-order valence-corrected chi connectivity index (χ3v) is 4.55. The Balaban J connectivity index is 1.54. The van der Waals surface area contributed by atoms with Crippen LogP contribution in [0.15, 0.2) is 18.2 Å². The summed E-state index contributed by atoms with van der Waals surface area (Å²) in [5, 5.41) is 3.66. The van der Waals surface area contributed by atoms with Crippen LogP contribution in [0.1, 0.15) is 31.5 Å². The summed E-state index contributed by atoms with van der Waals surface area (Å²) in [6, 6.07) is 6.17. The summed E-state index contributed by atoms with van der Waals surface area (Å²) in [6.07, 6.45) is 6.15. The Hall–Kier alpha value is -1.42. The molecule has 0 saturated carbocycles. The fourth-order valence-corrected chi connectivity index (χ4v) is 3.75. The van der Waals surface area contributed by atoms with Gasteiger partial charge in [-0.05, 0) is 49.8 Å². The molecule has 0 radical (unpaired) electrons. The van der Waals surface area contributed by atoms with E-state index in [1.54, 1.807) is 6.07 Å². The van der Waals surface area contributed by atoms with Crippen LogP contribution >= 0.6 is 0 Å². The highest BCUT2D eigenvalue weighted by Gasteiger charge is 2.33. The second kappa shape index (κ2) is 4.30. The molecule has 2 N–H and O–H groups in total. The van der Waals surface area contributed by atoms with E-state index in [0.29, 0.717) is 18.0 Å². The van der Waals surface area contributed by atoms with E-state index in [1.165, 1.54) is 37.8 Å². The molecule has 3 heterocycles. The van der Waals surface area contributed by atoms with E-state index in [9.17, 15) is 4.39 Å². The number of hydrogen-bond acceptors (Lipinski definition) is 2. The molecule has 0 amide bonds. The second-order valence-corrected chi connectivity index (χ2v) is 6.02. The molecule has 2 unspecified atom stereocenters. The minimum absolute atomic E-state index is 0.206. The number of aromatic nitrogens is 2. The third kappa shape index (κ3) is 2.14. The van der Waals surface area contributed by atoms with Crippen molar-refractivity contribution in [1.82, 2.24) is 15.3 Å². The van der Waals surface area contributed by atoms with Gasteiger partial charge in [-0.1, -0.05) is 0 Å². The van der Waals surface area contributed by atoms with Crippen molar-refractivity contribution in [2.75, 3.05) is 0 Å². The highest BCUT2D eigenvalue weighted by Crippen LogP contribution is 2.32. The Labute approximate surface area is 111 Å². The molecule has 2 bridgehead atoms. The van der Waals surface area contributed by atoms with Gasteiger partial charge in [0.25, 0.3) is 0 Å². The predicted molar refractivity (Wildman–Crippen MR) is 72.4 cm³/mol. The predicted octanol–water partition coefficient (Wildman–Crippen LogP) is 2.78. The molecule has 2 saturated heterocycles. The first kappa shape index (κ1) is 11.4. The van der Waals surface area contributed by atoms with Crippen molar-refractivity contribution >= 4 is 11.0 Å². The number of nitrogens with zero attached hydrogens (tertiary/aromatic N) is 1. The Kier molecular flexibility index (Phi) is 2.58. The van der Waals surface area contributed by atoms with Gasteiger partial charge in [-0.3, -0.25) is 0 Å². The highest BCUT2D eigenvalue weighted by atomic mass is 19.1. The Bertz CT molecular complexity index is 594. The highest BCUT2D eigenvalue weighted by molar-refractivity contribution is 5.74. The number of benzene rings is 1. The first-order valence-corrected chi connectivity index (χ1v) is 7.16. The van der Waals surface area contributed by atoms with Crippen LogP contribution < -0.4 is 5.32 Å². The number of rotatable bonds is 2. The maximum atomic E-state index is 13.2. The molecular formula is C15H18FN3. The lowest BCUT2D eigenvalue weighted by Gasteiger charge is -2.28. The Morgan fingerprint density at radius 3 is 2.79 bits per heavy atom. The quantitative estimate of drug-likeness (QED) is 0.870. The van der Waals surface area contributed by atoms with E-state index in [1.807, 2.05) is 0 Å². The van der Waals surface area contributed by atoms with Gasteiger partial charge >= 0.3 is 0 Å². The lowest BCUT2D eigenvalue weighted by atomic mass is 9.89. The second-order valence-electron chi connectivity index (χ2n) is 6.02. The van der Waals surface area contributed by atoms with Gasteiger partial charge in [0.2, 0.25) is 0 Å². The molecule has 0 spiro atoms. The summed E-state index contributed by atoms with van der Waals surface area (Å²) < 4.78 is 13.2. The average Bonchev–Trinajstić information content (AvgIpc) is 2.92. The molecular weight excluding hydrogens is 241 g/mol. The molecule has 2 fully saturated rings. The van der Waals surface area contributed by atoms with Crippen LogP contribution in [0.25, 0.3) is 11.0 Å². The zero-order chi connectivity index (χ0) is 12.8. The van der Waals surface area contributed by atoms with Crippen molar-refractivity contribution in [3.8, 4) is 0 Å². The Morgan fingerprint density at radius 2 is 2.00 bits per heavy atom. The summed E-state index contributed by atoms with van der Waals surface area (Å²) >= 11 is 0. The number of nitrogens with one attached hydrogen (secondary N) is 2. The van der Waals surface area contributed by atoms with E-state index in [2.05, 4.69) is 15.3 Å². The van der Waals surface area contributed by atoms with Crippen molar-refractivity contribution in [1.29, 1.82) is 0 Å². The van der Waals surface area contributed by atoms with Gasteiger partial charge in [-0.2, -0.15) is 0 Å². The first-order valence-electron chi connectivity index (χ1n) is 7.16. The van der Waals surface area contributed by atoms with Crippen LogP contribution in [0, 0.1) is 11.7 Å². The molecule has 1 aromatic carbocycles. The molecule has 2 aliphatic heterocycles. The molecule has 19 heavy (non-hydrogen) atoms. The van der Waals surface area contributed by atoms with Gasteiger partial charge in [0.1, 0.15) is 11.6 Å². The van der Waals surface area contributed by atoms with Crippen molar-refractivity contribution in [2.45, 2.75) is 44.2 Å². The molecule has 2 aliphatic rings. The summed E-state index contributed by atoms with van der Waals surface area (Å²) in [5.74, 6) is 1.51. The fourth-order valence-electron chi connectivity index (χ4n) is 3.75. The fraction of sp³-hybridized carbons (Fsp3) is 0.533. The van der Waals surface area contributed by atoms with Crippen LogP contribution in [0.2, 0.25) is 0 Å². The Morgan fingerprint density at radius 1 is 1.21 bits per heavy atom. The summed E-state index contributed by atoms with van der Waals surface area (Å²) in [6.45, 7) is 0. The number of hydrogen-bond donors (Lipinski definition) is 2. The van der Waals surface area contributed by atoms with Gasteiger partial charge in [-0.15, -0.1) is 0 Å². The number of H-pyrrole nitrogens is 1. The van der Waals surface area contributed by atoms with Gasteiger partial charge in [0.05, 0.1) is 11.0 Å². The van der Waals surface area contributed by atoms with Gasteiger partial charge in [0, 0.05) is 18.5 Å². The van der Waals surface area contributed by atoms with Gasteiger partial charge < -0.3 is 10.3 Å². The number of fused-ring (bicyclic) bond motifs is 3. The minimum atomic E-state index is -0.206. The number of piperidine rings is 1. The van der Waals surface area contributed by atoms with Gasteiger partial charge in [-0.25, -0.2) is 9.37 Å². The van der Waals surface area contributed by atoms with Crippen LogP contribution in [0.4, 0.5) is 4.39 Å². The zero-order valence-corrected chi connectivity index (χ0v) is 10.8. The number of halogens is 1. The van der Waals surface area contributed by atoms with Gasteiger partial charge in [0.15, 0.2) is 0 Å². The van der Waals surface area contributed by atoms with Crippen molar-refractivity contribution in [3.05, 3.63) is 29.8 Å². The average molecular weight is 259 g/mol. The van der Waals surface area contributed by atoms with Crippen molar-refractivity contribution in [2.24, 2.45) is 5.92 Å². The van der Waals surface area contributed by atoms with Crippen LogP contribution in [0.3, 0.4) is 0 Å². The molecule has 2 atom stereocenters. The summed E-state index contributed by atoms with van der Waals surface area (Å²) in [5.41, 5.74) is 1.68. The standard InChI is InChI=1S/C15H18FN3/c16-10-1-4-13-14(8-10)19-15(18-13)7-9-5-11-2-3-12(6-9)17-11/h1,4,8-9,11-12,17H,2-3,5-7H2,(H,18,19). The summed E-state index contributed by atoms with van der Waals surface area (Å²) in [4.78, 5) is 7.84. The lowest BCUT2D eigenvalue weighted by Crippen LogP contribution is -2.38. The molecule has 1 aromatic heterocycles. The summed E-state index contributed by atoms with van der Waals surface area (Å²) in [7, 11) is 0. The largest absolute Gasteiger partial charge is 0.342 e. The van der Waals surface area contributed by atoms with Crippen LogP contribution in [0.5, 0.6) is 0 Å². The lowest BCUT2D eigenvalue weighted by molar-refractivity contribution is 0.295. The van der Waals surface area contributed by atoms with E-state index in [4.69, 9.17) is 0 Å². The van der Waals surface area contributed by atoms with Crippen LogP contribution in [-0.2, 0) is 6.42 Å². The van der Waals surface area contributed by atoms with E-state index in [0.717, 1.165) is 23.3 Å². The third-order valence-electron chi connectivity index (χ3n) is 4.55. The number of aromatic amines is 1. The van der Waals surface area contributed by atoms with Crippen molar-refractivity contribution in [3.63, 3.8) is 0 Å². The molecule has 100 valence electrons. The zero-order valence-electron chi connectivity index (χ0n) is 10.8.